The number of unbranched alkanes of at least 4 members (excludes halogenated alkanes) is 2. The van der Waals surface area contributed by atoms with Crippen LogP contribution in [0.3, 0.4) is 0 Å². The average Bonchev–Trinajstić information content (AvgIpc) is 3.23. The second-order valence-electron chi connectivity index (χ2n) is 14.8. The van der Waals surface area contributed by atoms with Gasteiger partial charge in [-0.2, -0.15) is 0 Å². The molecular weight excluding hydrogens is 730 g/mol. The van der Waals surface area contributed by atoms with Crippen molar-refractivity contribution in [3.63, 3.8) is 0 Å². The minimum Gasteiger partial charge on any atom is -0.543 e. The van der Waals surface area contributed by atoms with Gasteiger partial charge < -0.3 is 14.4 Å². The first kappa shape index (κ1) is 37.5. The summed E-state index contributed by atoms with van der Waals surface area (Å²) in [5.41, 5.74) is 7.28. The molecule has 47 heavy (non-hydrogen) atoms. The molecule has 0 saturated carbocycles. The van der Waals surface area contributed by atoms with Gasteiger partial charge in [-0.3, -0.25) is 0 Å². The van der Waals surface area contributed by atoms with Crippen LogP contribution in [0.4, 0.5) is 5.69 Å². The summed E-state index contributed by atoms with van der Waals surface area (Å²) in [7, 11) is -2.20. The zero-order valence-electron chi connectivity index (χ0n) is 29.6. The van der Waals surface area contributed by atoms with Crippen LogP contribution >= 0.6 is 31.9 Å². The molecule has 4 rings (SSSR count). The Morgan fingerprint density at radius 3 is 1.94 bits per heavy atom. The molecule has 7 heteroatoms. The van der Waals surface area contributed by atoms with Crippen molar-refractivity contribution in [1.82, 2.24) is 0 Å². The summed E-state index contributed by atoms with van der Waals surface area (Å²) in [6.07, 6.45) is 8.46. The molecule has 4 nitrogen and oxygen atoms in total. The van der Waals surface area contributed by atoms with E-state index in [4.69, 9.17) is 4.43 Å². The standard InChI is InChI=1S/C40H53Br2NO3Si/c1-9-11-22-43(23-12-10-2)32-18-15-28(37(27-32)46-47(7,8)39(3,4)5)24-29(38(44)45)14-13-21-40(6)35-25-30(41)16-19-33(35)34-20-17-31(42)26-36(34)40/h15-20,24-27H,9-14,21-23H2,1-8H3,(H,44,45). The number of hydrogen-bond donors (Lipinski definition) is 1. The molecule has 0 unspecified atom stereocenters. The van der Waals surface area contributed by atoms with Gasteiger partial charge in [-0.1, -0.05) is 98.4 Å². The lowest BCUT2D eigenvalue weighted by Crippen LogP contribution is -2.44. The van der Waals surface area contributed by atoms with Crippen molar-refractivity contribution in [2.75, 3.05) is 18.0 Å². The van der Waals surface area contributed by atoms with Crippen LogP contribution in [-0.4, -0.2) is 32.5 Å². The van der Waals surface area contributed by atoms with Crippen LogP contribution in [0.1, 0.15) is 103 Å². The van der Waals surface area contributed by atoms with Crippen molar-refractivity contribution >= 4 is 57.9 Å². The smallest absolute Gasteiger partial charge is 0.331 e. The quantitative estimate of drug-likeness (QED) is 0.123. The molecule has 1 N–H and O–H groups in total. The number of fused-ring (bicyclic) bond motifs is 3. The molecule has 1 aliphatic carbocycles. The Labute approximate surface area is 301 Å². The Hall–Kier alpha value is -2.35. The van der Waals surface area contributed by atoms with Gasteiger partial charge in [0.1, 0.15) is 5.75 Å². The lowest BCUT2D eigenvalue weighted by atomic mass is 9.76. The van der Waals surface area contributed by atoms with Crippen molar-refractivity contribution in [3.05, 3.63) is 85.8 Å². The topological polar surface area (TPSA) is 49.8 Å². The third-order valence-electron chi connectivity index (χ3n) is 10.3. The summed E-state index contributed by atoms with van der Waals surface area (Å²) >= 11 is 7.39. The van der Waals surface area contributed by atoms with Gasteiger partial charge in [-0.15, -0.1) is 0 Å². The number of halogens is 2. The Balaban J connectivity index is 1.68. The molecule has 0 bridgehead atoms. The SMILES string of the molecule is CCCCN(CCCC)c1ccc(C=C(CCCC2(C)c3cc(Br)ccc3-c3ccc(Br)cc32)C(=O)O)c(O[Si](C)(C)C(C)(C)C)c1. The third-order valence-corrected chi connectivity index (χ3v) is 15.6. The van der Waals surface area contributed by atoms with E-state index >= 15 is 0 Å². The number of benzene rings is 3. The van der Waals surface area contributed by atoms with E-state index < -0.39 is 14.3 Å². The number of nitrogens with zero attached hydrogens (tertiary/aromatic N) is 1. The van der Waals surface area contributed by atoms with Crippen molar-refractivity contribution in [2.24, 2.45) is 0 Å². The fraction of sp³-hybridized carbons (Fsp3) is 0.475. The predicted molar refractivity (Wildman–Crippen MR) is 209 cm³/mol. The highest BCUT2D eigenvalue weighted by atomic mass is 79.9. The first-order chi connectivity index (χ1) is 22.1. The predicted octanol–water partition coefficient (Wildman–Crippen LogP) is 12.6. The van der Waals surface area contributed by atoms with Crippen LogP contribution in [0.2, 0.25) is 18.1 Å². The van der Waals surface area contributed by atoms with E-state index in [1.807, 2.05) is 6.08 Å². The Morgan fingerprint density at radius 1 is 0.894 bits per heavy atom. The zero-order chi connectivity index (χ0) is 34.6. The van der Waals surface area contributed by atoms with Crippen LogP contribution in [-0.2, 0) is 10.2 Å². The Bertz CT molecular complexity index is 1550. The van der Waals surface area contributed by atoms with Gasteiger partial charge in [0.05, 0.1) is 0 Å². The average molecular weight is 784 g/mol. The molecule has 254 valence electrons. The van der Waals surface area contributed by atoms with E-state index in [9.17, 15) is 9.90 Å². The first-order valence-corrected chi connectivity index (χ1v) is 21.7. The molecule has 3 aromatic carbocycles. The number of rotatable bonds is 15. The van der Waals surface area contributed by atoms with Crippen LogP contribution in [0.5, 0.6) is 5.75 Å². The highest BCUT2D eigenvalue weighted by Crippen LogP contribution is 2.52. The normalized spacial score (nSPS) is 14.1. The van der Waals surface area contributed by atoms with E-state index in [1.54, 1.807) is 0 Å². The largest absolute Gasteiger partial charge is 0.543 e. The number of hydrogen-bond acceptors (Lipinski definition) is 3. The van der Waals surface area contributed by atoms with Gasteiger partial charge in [0.25, 0.3) is 8.32 Å². The lowest BCUT2D eigenvalue weighted by Gasteiger charge is -2.37. The molecule has 0 fully saturated rings. The van der Waals surface area contributed by atoms with Crippen LogP contribution in [0.25, 0.3) is 17.2 Å². The van der Waals surface area contributed by atoms with E-state index in [0.29, 0.717) is 12.0 Å². The maximum Gasteiger partial charge on any atom is 0.331 e. The molecule has 0 radical (unpaired) electrons. The van der Waals surface area contributed by atoms with Crippen molar-refractivity contribution in [3.8, 4) is 16.9 Å². The maximum absolute atomic E-state index is 12.7. The highest BCUT2D eigenvalue weighted by Gasteiger charge is 2.40. The molecule has 1 aliphatic rings. The summed E-state index contributed by atoms with van der Waals surface area (Å²) in [6, 6.07) is 19.4. The number of carboxylic acids is 1. The van der Waals surface area contributed by atoms with Gasteiger partial charge in [0.15, 0.2) is 0 Å². The molecule has 0 aromatic heterocycles. The third kappa shape index (κ3) is 8.63. The van der Waals surface area contributed by atoms with Gasteiger partial charge in [-0.05, 0) is 115 Å². The van der Waals surface area contributed by atoms with Crippen molar-refractivity contribution in [2.45, 2.75) is 110 Å². The van der Waals surface area contributed by atoms with Crippen molar-refractivity contribution in [1.29, 1.82) is 0 Å². The number of carboxylic acid groups (broad SMARTS) is 1. The summed E-state index contributed by atoms with van der Waals surface area (Å²) in [5.74, 6) is -0.0751. The van der Waals surface area contributed by atoms with E-state index in [0.717, 1.165) is 77.6 Å². The molecule has 0 heterocycles. The highest BCUT2D eigenvalue weighted by molar-refractivity contribution is 9.10. The first-order valence-electron chi connectivity index (χ1n) is 17.2. The van der Waals surface area contributed by atoms with E-state index in [-0.39, 0.29) is 10.5 Å². The van der Waals surface area contributed by atoms with Crippen LogP contribution in [0, 0.1) is 0 Å². The molecule has 0 atom stereocenters. The maximum atomic E-state index is 12.7. The molecule has 0 aliphatic heterocycles. The summed E-state index contributed by atoms with van der Waals surface area (Å²) in [4.78, 5) is 15.2. The van der Waals surface area contributed by atoms with Crippen LogP contribution < -0.4 is 9.33 Å². The zero-order valence-corrected chi connectivity index (χ0v) is 33.8. The Kier molecular flexibility index (Phi) is 12.3. The number of aliphatic carboxylic acids is 1. The molecule has 0 saturated heterocycles. The van der Waals surface area contributed by atoms with Crippen molar-refractivity contribution < 1.29 is 14.3 Å². The minimum atomic E-state index is -2.20. The minimum absolute atomic E-state index is 0.0109. The van der Waals surface area contributed by atoms with Crippen LogP contribution in [0.15, 0.2) is 69.1 Å². The lowest BCUT2D eigenvalue weighted by molar-refractivity contribution is -0.132. The molecular formula is C40H53Br2NO3Si. The molecule has 0 spiro atoms. The summed E-state index contributed by atoms with van der Waals surface area (Å²) in [5, 5.41) is 10.5. The van der Waals surface area contributed by atoms with Gasteiger partial charge in [0, 0.05) is 50.3 Å². The Morgan fingerprint density at radius 2 is 1.45 bits per heavy atom. The monoisotopic (exact) mass is 781 g/mol. The summed E-state index contributed by atoms with van der Waals surface area (Å²) < 4.78 is 9.06. The molecule has 3 aromatic rings. The fourth-order valence-electron chi connectivity index (χ4n) is 6.31. The van der Waals surface area contributed by atoms with Gasteiger partial charge >= 0.3 is 5.97 Å². The van der Waals surface area contributed by atoms with E-state index in [2.05, 4.69) is 146 Å². The number of anilines is 1. The second kappa shape index (κ2) is 15.5. The fourth-order valence-corrected chi connectivity index (χ4v) is 8.07. The van der Waals surface area contributed by atoms with E-state index in [1.165, 1.54) is 22.3 Å². The van der Waals surface area contributed by atoms with Gasteiger partial charge in [-0.25, -0.2) is 4.79 Å². The molecule has 0 amide bonds. The van der Waals surface area contributed by atoms with Gasteiger partial charge in [0.2, 0.25) is 0 Å². The number of carbonyl (C=O) groups is 1. The second-order valence-corrected chi connectivity index (χ2v) is 21.4. The summed E-state index contributed by atoms with van der Waals surface area (Å²) in [6.45, 7) is 20.0.